The number of carbonyl (C=O) groups is 6. The quantitative estimate of drug-likeness (QED) is 0.0407. The van der Waals surface area contributed by atoms with Crippen LogP contribution in [0.4, 0.5) is 0 Å². The van der Waals surface area contributed by atoms with Crippen LogP contribution in [-0.4, -0.2) is 101 Å². The summed E-state index contributed by atoms with van der Waals surface area (Å²) in [6.45, 7) is 3.93. The first kappa shape index (κ1) is 41.5. The van der Waals surface area contributed by atoms with Gasteiger partial charge in [0.05, 0.1) is 18.5 Å². The molecule has 0 aliphatic rings. The molecule has 12 N–H and O–H groups in total. The van der Waals surface area contributed by atoms with Crippen LogP contribution in [0, 0.1) is 11.8 Å². The highest BCUT2D eigenvalue weighted by Gasteiger charge is 2.35. The van der Waals surface area contributed by atoms with E-state index < -0.39 is 84.3 Å². The van der Waals surface area contributed by atoms with Gasteiger partial charge in [-0.05, 0) is 50.1 Å². The van der Waals surface area contributed by atoms with Crippen molar-refractivity contribution in [3.63, 3.8) is 0 Å². The number of nitrogens with zero attached hydrogens (tertiary/aromatic N) is 2. The van der Waals surface area contributed by atoms with Gasteiger partial charge in [-0.2, -0.15) is 0 Å². The molecule has 48 heavy (non-hydrogen) atoms. The van der Waals surface area contributed by atoms with Crippen molar-refractivity contribution in [2.24, 2.45) is 39.8 Å². The van der Waals surface area contributed by atoms with Crippen molar-refractivity contribution in [1.29, 1.82) is 0 Å². The van der Waals surface area contributed by atoms with Gasteiger partial charge in [-0.3, -0.25) is 29.0 Å². The predicted molar refractivity (Wildman–Crippen MR) is 179 cm³/mol. The number of carboxylic acid groups (broad SMARTS) is 2. The summed E-state index contributed by atoms with van der Waals surface area (Å²) >= 11 is 0. The minimum atomic E-state index is -1.53. The number of hydrogen-bond donors (Lipinski definition) is 8. The average molecular weight is 677 g/mol. The second-order valence-corrected chi connectivity index (χ2v) is 12.1. The summed E-state index contributed by atoms with van der Waals surface area (Å²) < 4.78 is 0. The summed E-state index contributed by atoms with van der Waals surface area (Å²) in [5.74, 6) is -6.94. The third kappa shape index (κ3) is 14.9. The third-order valence-corrected chi connectivity index (χ3v) is 7.88. The SMILES string of the molecule is CC(C)C(CC(=O)[C@H](CC(=O)O)NC(=O)[C@H](CCCCN)N(C)C(=O)[C@@H](N)CCCN=C(N)N)C(=O)N[C@@H](Cc1ccccc1)C(=O)O. The molecule has 5 atom stereocenters. The zero-order valence-corrected chi connectivity index (χ0v) is 28.0. The van der Waals surface area contributed by atoms with E-state index in [-0.39, 0.29) is 31.8 Å². The van der Waals surface area contributed by atoms with Crippen LogP contribution in [0.1, 0.15) is 64.4 Å². The molecule has 3 amide bonds. The second-order valence-electron chi connectivity index (χ2n) is 12.1. The molecule has 16 nitrogen and oxygen atoms in total. The number of hydrogen-bond acceptors (Lipinski definition) is 9. The number of guanidine groups is 1. The fourth-order valence-corrected chi connectivity index (χ4v) is 5.05. The maximum atomic E-state index is 13.6. The fourth-order valence-electron chi connectivity index (χ4n) is 5.05. The normalized spacial score (nSPS) is 14.1. The van der Waals surface area contributed by atoms with Crippen LogP contribution in [0.25, 0.3) is 0 Å². The highest BCUT2D eigenvalue weighted by atomic mass is 16.4. The smallest absolute Gasteiger partial charge is 0.326 e. The number of aliphatic carboxylic acids is 2. The number of likely N-dealkylation sites (N-methyl/N-ethyl adjacent to an activating group) is 1. The lowest BCUT2D eigenvalue weighted by Crippen LogP contribution is -2.55. The molecule has 16 heteroatoms. The molecule has 0 fully saturated rings. The Bertz CT molecular complexity index is 1260. The van der Waals surface area contributed by atoms with Gasteiger partial charge in [0.2, 0.25) is 17.7 Å². The van der Waals surface area contributed by atoms with Gasteiger partial charge in [0.25, 0.3) is 0 Å². The molecule has 0 saturated carbocycles. The topological polar surface area (TPSA) is 287 Å². The number of ketones is 1. The third-order valence-electron chi connectivity index (χ3n) is 7.88. The molecule has 0 aliphatic carbocycles. The molecule has 0 bridgehead atoms. The van der Waals surface area contributed by atoms with E-state index in [0.29, 0.717) is 31.4 Å². The Morgan fingerprint density at radius 1 is 0.875 bits per heavy atom. The summed E-state index contributed by atoms with van der Waals surface area (Å²) in [7, 11) is 1.40. The number of rotatable bonds is 23. The summed E-state index contributed by atoms with van der Waals surface area (Å²) in [6.07, 6.45) is 0.553. The summed E-state index contributed by atoms with van der Waals surface area (Å²) in [5, 5.41) is 24.3. The zero-order chi connectivity index (χ0) is 36.4. The molecular weight excluding hydrogens is 624 g/mol. The lowest BCUT2D eigenvalue weighted by atomic mass is 9.87. The maximum Gasteiger partial charge on any atom is 0.326 e. The van der Waals surface area contributed by atoms with Crippen LogP contribution in [0.5, 0.6) is 0 Å². The van der Waals surface area contributed by atoms with E-state index in [0.717, 1.165) is 0 Å². The molecule has 1 aromatic carbocycles. The minimum absolute atomic E-state index is 0.01000. The van der Waals surface area contributed by atoms with Crippen LogP contribution in [0.3, 0.4) is 0 Å². The van der Waals surface area contributed by atoms with Gasteiger partial charge in [0.1, 0.15) is 12.1 Å². The molecule has 1 aromatic rings. The van der Waals surface area contributed by atoms with Gasteiger partial charge in [-0.1, -0.05) is 44.2 Å². The van der Waals surface area contributed by atoms with Crippen molar-refractivity contribution in [3.05, 3.63) is 35.9 Å². The van der Waals surface area contributed by atoms with E-state index in [9.17, 15) is 39.0 Å². The number of amides is 3. The van der Waals surface area contributed by atoms with Crippen LogP contribution in [-0.2, 0) is 35.2 Å². The van der Waals surface area contributed by atoms with Crippen LogP contribution in [0.2, 0.25) is 0 Å². The van der Waals surface area contributed by atoms with Crippen molar-refractivity contribution in [1.82, 2.24) is 15.5 Å². The number of carboxylic acids is 2. The van der Waals surface area contributed by atoms with E-state index in [1.54, 1.807) is 44.2 Å². The molecule has 268 valence electrons. The summed E-state index contributed by atoms with van der Waals surface area (Å²) in [6, 6.07) is 3.82. The van der Waals surface area contributed by atoms with Gasteiger partial charge in [0.15, 0.2) is 11.7 Å². The van der Waals surface area contributed by atoms with Gasteiger partial charge < -0.3 is 48.7 Å². The molecular formula is C32H52N8O8. The van der Waals surface area contributed by atoms with Crippen LogP contribution >= 0.6 is 0 Å². The molecule has 1 unspecified atom stereocenters. The standard InChI is InChI=1S/C32H52N8O8/c1-19(2)21(28(44)39-24(31(47)48)16-20-10-5-4-6-11-20)17-26(41)23(18-27(42)43)38-29(45)25(13-7-8-14-33)40(3)30(46)22(34)12-9-15-37-32(35)36/h4-6,10-11,19,21-25H,7-9,12-18,33-34H2,1-3H3,(H,38,45)(H,39,44)(H,42,43)(H,47,48)(H4,35,36,37)/t21?,22-,23-,24-,25-/m0/s1. The predicted octanol–water partition coefficient (Wildman–Crippen LogP) is -0.674. The first-order chi connectivity index (χ1) is 22.6. The Kier molecular flexibility index (Phi) is 18.4. The number of benzene rings is 1. The highest BCUT2D eigenvalue weighted by Crippen LogP contribution is 2.19. The van der Waals surface area contributed by atoms with Crippen LogP contribution in [0.15, 0.2) is 35.3 Å². The highest BCUT2D eigenvalue weighted by molar-refractivity contribution is 5.97. The Hall–Kier alpha value is -4.57. The Morgan fingerprint density at radius 2 is 1.50 bits per heavy atom. The van der Waals surface area contributed by atoms with Crippen molar-refractivity contribution in [2.75, 3.05) is 20.1 Å². The molecule has 0 aromatic heterocycles. The molecule has 0 saturated heterocycles. The van der Waals surface area contributed by atoms with E-state index in [1.165, 1.54) is 11.9 Å². The lowest BCUT2D eigenvalue weighted by molar-refractivity contribution is -0.144. The second kappa shape index (κ2) is 21.3. The van der Waals surface area contributed by atoms with Crippen molar-refractivity contribution in [2.45, 2.75) is 89.4 Å². The molecule has 0 aliphatic heterocycles. The summed E-state index contributed by atoms with van der Waals surface area (Å²) in [5.41, 5.74) is 23.0. The van der Waals surface area contributed by atoms with E-state index in [4.69, 9.17) is 22.9 Å². The molecule has 1 rings (SSSR count). The fraction of sp³-hybridized carbons (Fsp3) is 0.594. The van der Waals surface area contributed by atoms with E-state index in [2.05, 4.69) is 15.6 Å². The number of nitrogens with two attached hydrogens (primary N) is 4. The van der Waals surface area contributed by atoms with Crippen LogP contribution < -0.4 is 33.6 Å². The summed E-state index contributed by atoms with van der Waals surface area (Å²) in [4.78, 5) is 82.3. The first-order valence-electron chi connectivity index (χ1n) is 16.0. The molecule has 0 spiro atoms. The van der Waals surface area contributed by atoms with Gasteiger partial charge >= 0.3 is 11.9 Å². The number of unbranched alkanes of at least 4 members (excludes halogenated alkanes) is 1. The Balaban J connectivity index is 3.14. The number of nitrogens with one attached hydrogen (secondary N) is 2. The van der Waals surface area contributed by atoms with Gasteiger partial charge in [-0.25, -0.2) is 4.79 Å². The van der Waals surface area contributed by atoms with Gasteiger partial charge in [-0.15, -0.1) is 0 Å². The van der Waals surface area contributed by atoms with E-state index in [1.807, 2.05) is 0 Å². The minimum Gasteiger partial charge on any atom is -0.481 e. The largest absolute Gasteiger partial charge is 0.481 e. The Morgan fingerprint density at radius 3 is 2.04 bits per heavy atom. The van der Waals surface area contributed by atoms with Gasteiger partial charge in [0, 0.05) is 32.4 Å². The number of carbonyl (C=O) groups excluding carboxylic acids is 4. The van der Waals surface area contributed by atoms with Crippen molar-refractivity contribution in [3.8, 4) is 0 Å². The van der Waals surface area contributed by atoms with Crippen molar-refractivity contribution >= 4 is 41.4 Å². The van der Waals surface area contributed by atoms with Crippen molar-refractivity contribution < 1.29 is 39.0 Å². The van der Waals surface area contributed by atoms with E-state index >= 15 is 0 Å². The maximum absolute atomic E-state index is 13.6. The zero-order valence-electron chi connectivity index (χ0n) is 28.0. The number of aliphatic imine (C=N–C) groups is 1. The molecule has 0 radical (unpaired) electrons. The number of Topliss-reactive ketones (excluding diaryl/α,β-unsaturated/α-hetero) is 1. The molecule has 0 heterocycles. The lowest BCUT2D eigenvalue weighted by Gasteiger charge is -2.31. The Labute approximate surface area is 281 Å². The monoisotopic (exact) mass is 676 g/mol. The first-order valence-corrected chi connectivity index (χ1v) is 16.0. The average Bonchev–Trinajstić information content (AvgIpc) is 3.02.